The van der Waals surface area contributed by atoms with E-state index in [4.69, 9.17) is 15.2 Å². The average molecular weight is 252 g/mol. The van der Waals surface area contributed by atoms with Gasteiger partial charge in [-0.15, -0.1) is 0 Å². The van der Waals surface area contributed by atoms with E-state index in [1.165, 1.54) is 5.56 Å². The molecule has 0 bridgehead atoms. The molecule has 18 heavy (non-hydrogen) atoms. The average Bonchev–Trinajstić information content (AvgIpc) is 2.38. The zero-order valence-corrected chi connectivity index (χ0v) is 11.8. The molecule has 1 aromatic carbocycles. The molecule has 1 unspecified atom stereocenters. The monoisotopic (exact) mass is 252 g/mol. The van der Waals surface area contributed by atoms with Gasteiger partial charge in [-0.1, -0.05) is 6.07 Å². The van der Waals surface area contributed by atoms with Crippen molar-refractivity contribution in [3.05, 3.63) is 23.8 Å². The number of hydrogen-bond donors (Lipinski definition) is 1. The van der Waals surface area contributed by atoms with Crippen LogP contribution in [-0.4, -0.2) is 39.8 Å². The maximum absolute atomic E-state index is 5.60. The lowest BCUT2D eigenvalue weighted by Crippen LogP contribution is -2.21. The van der Waals surface area contributed by atoms with Crippen LogP contribution in [0.25, 0.3) is 0 Å². The highest BCUT2D eigenvalue weighted by atomic mass is 16.5. The first-order valence-corrected chi connectivity index (χ1v) is 6.22. The second-order valence-electron chi connectivity index (χ2n) is 4.52. The van der Waals surface area contributed by atoms with E-state index in [1.807, 2.05) is 12.1 Å². The van der Waals surface area contributed by atoms with Gasteiger partial charge in [0.25, 0.3) is 0 Å². The van der Waals surface area contributed by atoms with Crippen LogP contribution in [0.15, 0.2) is 18.2 Å². The van der Waals surface area contributed by atoms with Crippen LogP contribution in [0.1, 0.15) is 24.4 Å². The second kappa shape index (κ2) is 7.24. The Morgan fingerprint density at radius 3 is 2.44 bits per heavy atom. The third-order valence-electron chi connectivity index (χ3n) is 3.10. The molecule has 0 heterocycles. The molecule has 0 aliphatic carbocycles. The molecule has 0 saturated carbocycles. The topological polar surface area (TPSA) is 47.7 Å². The zero-order chi connectivity index (χ0) is 13.5. The Morgan fingerprint density at radius 2 is 1.94 bits per heavy atom. The molecule has 1 atom stereocenters. The third-order valence-corrected chi connectivity index (χ3v) is 3.10. The highest BCUT2D eigenvalue weighted by molar-refractivity contribution is 5.42. The maximum atomic E-state index is 5.60. The summed E-state index contributed by atoms with van der Waals surface area (Å²) in [6.07, 6.45) is 2.02. The fourth-order valence-electron chi connectivity index (χ4n) is 2.10. The molecule has 102 valence electrons. The summed E-state index contributed by atoms with van der Waals surface area (Å²) in [4.78, 5) is 2.19. The summed E-state index contributed by atoms with van der Waals surface area (Å²) < 4.78 is 10.7. The van der Waals surface area contributed by atoms with Gasteiger partial charge in [-0.25, -0.2) is 0 Å². The molecular formula is C14H24N2O2. The van der Waals surface area contributed by atoms with Crippen molar-refractivity contribution < 1.29 is 9.47 Å². The molecule has 4 heteroatoms. The van der Waals surface area contributed by atoms with E-state index in [2.05, 4.69) is 25.1 Å². The first-order chi connectivity index (χ1) is 8.63. The lowest BCUT2D eigenvalue weighted by molar-refractivity contribution is 0.271. The molecule has 0 radical (unpaired) electrons. The van der Waals surface area contributed by atoms with E-state index < -0.39 is 0 Å². The van der Waals surface area contributed by atoms with Crippen molar-refractivity contribution in [2.24, 2.45) is 5.73 Å². The molecular weight excluding hydrogens is 228 g/mol. The lowest BCUT2D eigenvalue weighted by atomic mass is 9.99. The zero-order valence-electron chi connectivity index (χ0n) is 11.8. The smallest absolute Gasteiger partial charge is 0.127 e. The van der Waals surface area contributed by atoms with Gasteiger partial charge in [-0.05, 0) is 39.5 Å². The predicted octanol–water partition coefficient (Wildman–Crippen LogP) is 2.05. The highest BCUT2D eigenvalue weighted by Crippen LogP contribution is 2.33. The van der Waals surface area contributed by atoms with Crippen LogP contribution in [0, 0.1) is 0 Å². The normalized spacial score (nSPS) is 12.6. The Hall–Kier alpha value is -1.26. The van der Waals surface area contributed by atoms with Gasteiger partial charge in [-0.2, -0.15) is 0 Å². The first kappa shape index (κ1) is 14.8. The Balaban J connectivity index is 3.02. The lowest BCUT2D eigenvalue weighted by Gasteiger charge is -2.26. The second-order valence-corrected chi connectivity index (χ2v) is 4.52. The van der Waals surface area contributed by atoms with E-state index in [0.29, 0.717) is 12.6 Å². The number of hydrogen-bond acceptors (Lipinski definition) is 4. The van der Waals surface area contributed by atoms with Gasteiger partial charge < -0.3 is 20.1 Å². The highest BCUT2D eigenvalue weighted by Gasteiger charge is 2.18. The molecule has 0 aliphatic rings. The minimum atomic E-state index is 0.314. The quantitative estimate of drug-likeness (QED) is 0.807. The maximum Gasteiger partial charge on any atom is 0.127 e. The SMILES string of the molecule is COc1ccc(C(CCCN)N(C)C)c(OC)c1. The number of benzene rings is 1. The largest absolute Gasteiger partial charge is 0.497 e. The van der Waals surface area contributed by atoms with Gasteiger partial charge in [0, 0.05) is 17.7 Å². The Kier molecular flexibility index (Phi) is 5.95. The summed E-state index contributed by atoms with van der Waals surface area (Å²) >= 11 is 0. The molecule has 0 saturated heterocycles. The molecule has 0 fully saturated rings. The summed E-state index contributed by atoms with van der Waals surface area (Å²) in [6.45, 7) is 0.711. The molecule has 4 nitrogen and oxygen atoms in total. The summed E-state index contributed by atoms with van der Waals surface area (Å²) in [6, 6.07) is 6.28. The molecule has 0 aliphatic heterocycles. The number of rotatable bonds is 7. The van der Waals surface area contributed by atoms with E-state index in [9.17, 15) is 0 Å². The van der Waals surface area contributed by atoms with Gasteiger partial charge in [0.15, 0.2) is 0 Å². The molecule has 0 amide bonds. The Bertz CT molecular complexity index is 367. The fourth-order valence-corrected chi connectivity index (χ4v) is 2.10. The van der Waals surface area contributed by atoms with Gasteiger partial charge in [0.2, 0.25) is 0 Å². The summed E-state index contributed by atoms with van der Waals surface area (Å²) in [5.74, 6) is 1.68. The van der Waals surface area contributed by atoms with Crippen LogP contribution in [0.4, 0.5) is 0 Å². The molecule has 1 rings (SSSR count). The Labute approximate surface area is 110 Å². The van der Waals surface area contributed by atoms with Crippen LogP contribution in [0.2, 0.25) is 0 Å². The van der Waals surface area contributed by atoms with Crippen molar-refractivity contribution in [1.82, 2.24) is 4.90 Å². The van der Waals surface area contributed by atoms with E-state index in [-0.39, 0.29) is 0 Å². The van der Waals surface area contributed by atoms with Crippen LogP contribution in [0.3, 0.4) is 0 Å². The third kappa shape index (κ3) is 3.62. The van der Waals surface area contributed by atoms with Gasteiger partial charge in [0.1, 0.15) is 11.5 Å². The van der Waals surface area contributed by atoms with Gasteiger partial charge in [0.05, 0.1) is 14.2 Å². The van der Waals surface area contributed by atoms with Crippen molar-refractivity contribution in [1.29, 1.82) is 0 Å². The van der Waals surface area contributed by atoms with Crippen molar-refractivity contribution >= 4 is 0 Å². The van der Waals surface area contributed by atoms with Crippen LogP contribution in [0.5, 0.6) is 11.5 Å². The minimum Gasteiger partial charge on any atom is -0.497 e. The van der Waals surface area contributed by atoms with E-state index in [1.54, 1.807) is 14.2 Å². The van der Waals surface area contributed by atoms with Crippen molar-refractivity contribution in [2.45, 2.75) is 18.9 Å². The Morgan fingerprint density at radius 1 is 1.22 bits per heavy atom. The summed E-state index contributed by atoms with van der Waals surface area (Å²) in [5, 5.41) is 0. The summed E-state index contributed by atoms with van der Waals surface area (Å²) in [7, 11) is 7.50. The molecule has 0 aromatic heterocycles. The van der Waals surface area contributed by atoms with Gasteiger partial charge >= 0.3 is 0 Å². The predicted molar refractivity (Wildman–Crippen MR) is 74.3 cm³/mol. The molecule has 2 N–H and O–H groups in total. The van der Waals surface area contributed by atoms with Gasteiger partial charge in [-0.3, -0.25) is 0 Å². The van der Waals surface area contributed by atoms with E-state index in [0.717, 1.165) is 24.3 Å². The van der Waals surface area contributed by atoms with Crippen LogP contribution < -0.4 is 15.2 Å². The van der Waals surface area contributed by atoms with Crippen LogP contribution in [-0.2, 0) is 0 Å². The molecule has 0 spiro atoms. The number of nitrogens with zero attached hydrogens (tertiary/aromatic N) is 1. The van der Waals surface area contributed by atoms with Crippen molar-refractivity contribution in [2.75, 3.05) is 34.9 Å². The summed E-state index contributed by atoms with van der Waals surface area (Å²) in [5.41, 5.74) is 6.78. The molecule has 1 aromatic rings. The number of methoxy groups -OCH3 is 2. The van der Waals surface area contributed by atoms with Crippen molar-refractivity contribution in [3.63, 3.8) is 0 Å². The first-order valence-electron chi connectivity index (χ1n) is 6.22. The van der Waals surface area contributed by atoms with Crippen LogP contribution >= 0.6 is 0 Å². The standard InChI is InChI=1S/C14H24N2O2/c1-16(2)13(6-5-9-15)12-8-7-11(17-3)10-14(12)18-4/h7-8,10,13H,5-6,9,15H2,1-4H3. The number of ether oxygens (including phenoxy) is 2. The minimum absolute atomic E-state index is 0.314. The fraction of sp³-hybridized carbons (Fsp3) is 0.571. The number of nitrogens with two attached hydrogens (primary N) is 1. The van der Waals surface area contributed by atoms with Crippen molar-refractivity contribution in [3.8, 4) is 11.5 Å². The van der Waals surface area contributed by atoms with E-state index >= 15 is 0 Å².